The van der Waals surface area contributed by atoms with Gasteiger partial charge in [-0.25, -0.2) is 0 Å². The number of hydrogen-bond donors (Lipinski definition) is 2. The predicted molar refractivity (Wildman–Crippen MR) is 74.8 cm³/mol. The van der Waals surface area contributed by atoms with Crippen molar-refractivity contribution in [3.63, 3.8) is 0 Å². The molecule has 0 heterocycles. The largest absolute Gasteiger partial charge is 0.707 e. The van der Waals surface area contributed by atoms with Gasteiger partial charge in [0.05, 0.1) is 0 Å². The zero-order valence-corrected chi connectivity index (χ0v) is 10.9. The molecule has 2 aromatic rings. The maximum atomic E-state index is 9.05. The summed E-state index contributed by atoms with van der Waals surface area (Å²) in [5, 5.41) is 18.1. The lowest BCUT2D eigenvalue weighted by molar-refractivity contribution is 0.288. The van der Waals surface area contributed by atoms with Gasteiger partial charge in [0.25, 0.3) is 0 Å². The quantitative estimate of drug-likeness (QED) is 0.808. The van der Waals surface area contributed by atoms with Gasteiger partial charge in [0.1, 0.15) is 5.75 Å². The third-order valence-electron chi connectivity index (χ3n) is 3.80. The van der Waals surface area contributed by atoms with Crippen molar-refractivity contribution in [3.05, 3.63) is 53.6 Å². The second-order valence-corrected chi connectivity index (χ2v) is 5.29. The van der Waals surface area contributed by atoms with Crippen LogP contribution in [-0.4, -0.2) is 17.4 Å². The summed E-state index contributed by atoms with van der Waals surface area (Å²) in [5.41, 5.74) is 4.32. The molecule has 0 bridgehead atoms. The van der Waals surface area contributed by atoms with Crippen molar-refractivity contribution in [1.29, 1.82) is 0 Å². The fraction of sp³-hybridized carbons (Fsp3) is 0.200. The Kier molecular flexibility index (Phi) is 2.66. The first kappa shape index (κ1) is 12.3. The highest BCUT2D eigenvalue weighted by Gasteiger charge is 2.37. The summed E-state index contributed by atoms with van der Waals surface area (Å²) in [4.78, 5) is 0. The number of benzene rings is 2. The molecule has 4 heteroatoms. The third-order valence-corrected chi connectivity index (χ3v) is 3.80. The van der Waals surface area contributed by atoms with Crippen LogP contribution in [0.25, 0.3) is 11.1 Å². The van der Waals surface area contributed by atoms with Gasteiger partial charge in [-0.05, 0) is 22.8 Å². The average molecular weight is 254 g/mol. The Bertz CT molecular complexity index is 635. The molecule has 1 aliphatic rings. The van der Waals surface area contributed by atoms with Gasteiger partial charge in [-0.3, -0.25) is 0 Å². The second-order valence-electron chi connectivity index (χ2n) is 5.29. The molecular weight excluding hydrogens is 239 g/mol. The van der Waals surface area contributed by atoms with Gasteiger partial charge in [-0.15, -0.1) is 0 Å². The molecule has 0 aromatic heterocycles. The molecule has 19 heavy (non-hydrogen) atoms. The maximum absolute atomic E-state index is 9.05. The Morgan fingerprint density at radius 3 is 2.37 bits per heavy atom. The topological polar surface area (TPSA) is 49.7 Å². The molecule has 0 fully saturated rings. The van der Waals surface area contributed by atoms with Crippen molar-refractivity contribution in [2.45, 2.75) is 19.3 Å². The first-order chi connectivity index (χ1) is 9.01. The number of fused-ring (bicyclic) bond motifs is 3. The van der Waals surface area contributed by atoms with Crippen LogP contribution in [0.2, 0.25) is 0 Å². The smallest absolute Gasteiger partial charge is 0.511 e. The van der Waals surface area contributed by atoms with Crippen molar-refractivity contribution < 1.29 is 14.7 Å². The van der Waals surface area contributed by atoms with Crippen molar-refractivity contribution in [2.24, 2.45) is 0 Å². The second kappa shape index (κ2) is 4.12. The van der Waals surface area contributed by atoms with E-state index in [4.69, 9.17) is 14.7 Å². The van der Waals surface area contributed by atoms with Crippen LogP contribution in [0.3, 0.4) is 0 Å². The van der Waals surface area contributed by atoms with Gasteiger partial charge >= 0.3 is 7.32 Å². The van der Waals surface area contributed by atoms with E-state index in [-0.39, 0.29) is 5.41 Å². The van der Waals surface area contributed by atoms with E-state index in [1.165, 1.54) is 5.56 Å². The van der Waals surface area contributed by atoms with Crippen LogP contribution < -0.4 is 4.65 Å². The first-order valence-electron chi connectivity index (χ1n) is 6.28. The van der Waals surface area contributed by atoms with Gasteiger partial charge in [-0.1, -0.05) is 50.2 Å². The minimum Gasteiger partial charge on any atom is -0.511 e. The van der Waals surface area contributed by atoms with Crippen LogP contribution in [0, 0.1) is 0 Å². The number of rotatable bonds is 2. The van der Waals surface area contributed by atoms with Crippen LogP contribution in [-0.2, 0) is 5.41 Å². The lowest BCUT2D eigenvalue weighted by atomic mass is 9.82. The van der Waals surface area contributed by atoms with Crippen LogP contribution in [0.5, 0.6) is 5.75 Å². The molecule has 2 aromatic carbocycles. The summed E-state index contributed by atoms with van der Waals surface area (Å²) in [6.45, 7) is 4.33. The van der Waals surface area contributed by atoms with Crippen LogP contribution in [0.1, 0.15) is 25.0 Å². The highest BCUT2D eigenvalue weighted by molar-refractivity contribution is 6.34. The molecule has 3 nitrogen and oxygen atoms in total. The number of hydrogen-bond acceptors (Lipinski definition) is 3. The van der Waals surface area contributed by atoms with Gasteiger partial charge in [0.15, 0.2) is 0 Å². The Labute approximate surface area is 112 Å². The van der Waals surface area contributed by atoms with E-state index in [1.54, 1.807) is 6.07 Å². The van der Waals surface area contributed by atoms with E-state index in [0.717, 1.165) is 16.7 Å². The normalized spacial score (nSPS) is 14.7. The standard InChI is InChI=1S/C15H15BO3/c1-15(2)11-7-4-3-6-10(11)14-12(15)8-5-9-13(14)19-16(17)18/h3-9,17-18H,1-2H3. The molecule has 1 aliphatic carbocycles. The molecule has 3 rings (SSSR count). The molecule has 2 N–H and O–H groups in total. The van der Waals surface area contributed by atoms with E-state index in [2.05, 4.69) is 26.0 Å². The summed E-state index contributed by atoms with van der Waals surface area (Å²) in [5.74, 6) is 0.505. The van der Waals surface area contributed by atoms with Crippen LogP contribution in [0.15, 0.2) is 42.5 Å². The Morgan fingerprint density at radius 2 is 1.63 bits per heavy atom. The third kappa shape index (κ3) is 1.76. The van der Waals surface area contributed by atoms with E-state index in [1.807, 2.05) is 24.3 Å². The molecule has 0 amide bonds. The Morgan fingerprint density at radius 1 is 0.947 bits per heavy atom. The zero-order chi connectivity index (χ0) is 13.6. The fourth-order valence-electron chi connectivity index (χ4n) is 2.93. The van der Waals surface area contributed by atoms with E-state index >= 15 is 0 Å². The minimum atomic E-state index is -1.80. The predicted octanol–water partition coefficient (Wildman–Crippen LogP) is 2.34. The lowest BCUT2D eigenvalue weighted by Gasteiger charge is -2.21. The van der Waals surface area contributed by atoms with Gasteiger partial charge < -0.3 is 14.7 Å². The average Bonchev–Trinajstić information content (AvgIpc) is 2.60. The Balaban J connectivity index is 2.28. The molecule has 0 atom stereocenters. The first-order valence-corrected chi connectivity index (χ1v) is 6.28. The van der Waals surface area contributed by atoms with Gasteiger partial charge in [0.2, 0.25) is 0 Å². The van der Waals surface area contributed by atoms with Crippen molar-refractivity contribution in [1.82, 2.24) is 0 Å². The summed E-state index contributed by atoms with van der Waals surface area (Å²) < 4.78 is 5.12. The van der Waals surface area contributed by atoms with E-state index < -0.39 is 7.32 Å². The maximum Gasteiger partial charge on any atom is 0.707 e. The SMILES string of the molecule is CC1(C)c2ccccc2-c2c(OB(O)O)cccc21. The lowest BCUT2D eigenvalue weighted by Crippen LogP contribution is -2.21. The van der Waals surface area contributed by atoms with Crippen molar-refractivity contribution >= 4 is 7.32 Å². The van der Waals surface area contributed by atoms with Crippen molar-refractivity contribution in [3.8, 4) is 16.9 Å². The monoisotopic (exact) mass is 254 g/mol. The Hall–Kier alpha value is -1.78. The van der Waals surface area contributed by atoms with Gasteiger partial charge in [0, 0.05) is 11.0 Å². The highest BCUT2D eigenvalue weighted by atomic mass is 16.6. The molecule has 0 radical (unpaired) electrons. The van der Waals surface area contributed by atoms with E-state index in [9.17, 15) is 0 Å². The molecule has 0 unspecified atom stereocenters. The van der Waals surface area contributed by atoms with Gasteiger partial charge in [-0.2, -0.15) is 0 Å². The van der Waals surface area contributed by atoms with Crippen molar-refractivity contribution in [2.75, 3.05) is 0 Å². The summed E-state index contributed by atoms with van der Waals surface area (Å²) in [7, 11) is -1.80. The molecule has 0 aliphatic heterocycles. The minimum absolute atomic E-state index is 0.105. The van der Waals surface area contributed by atoms with E-state index in [0.29, 0.717) is 5.75 Å². The summed E-state index contributed by atoms with van der Waals surface area (Å²) >= 11 is 0. The molecule has 0 saturated carbocycles. The zero-order valence-electron chi connectivity index (χ0n) is 10.9. The fourth-order valence-corrected chi connectivity index (χ4v) is 2.93. The van der Waals surface area contributed by atoms with Crippen LogP contribution >= 0.6 is 0 Å². The molecule has 0 saturated heterocycles. The van der Waals surface area contributed by atoms with Crippen LogP contribution in [0.4, 0.5) is 0 Å². The summed E-state index contributed by atoms with van der Waals surface area (Å²) in [6, 6.07) is 13.9. The summed E-state index contributed by atoms with van der Waals surface area (Å²) in [6.07, 6.45) is 0. The highest BCUT2D eigenvalue weighted by Crippen LogP contribution is 2.51. The molecule has 0 spiro atoms. The molecular formula is C15H15BO3. The molecule has 96 valence electrons.